The lowest BCUT2D eigenvalue weighted by Gasteiger charge is -2.11. The maximum atomic E-state index is 13.6. The summed E-state index contributed by atoms with van der Waals surface area (Å²) in [7, 11) is 0. The molecular weight excluding hydrogens is 336 g/mol. The lowest BCUT2D eigenvalue weighted by atomic mass is 10.2. The summed E-state index contributed by atoms with van der Waals surface area (Å²) in [6, 6.07) is 8.35. The van der Waals surface area contributed by atoms with Crippen molar-refractivity contribution in [2.75, 3.05) is 0 Å². The van der Waals surface area contributed by atoms with Gasteiger partial charge in [-0.2, -0.15) is 0 Å². The van der Waals surface area contributed by atoms with Crippen LogP contribution in [0.25, 0.3) is 0 Å². The summed E-state index contributed by atoms with van der Waals surface area (Å²) >= 11 is 7.83. The van der Waals surface area contributed by atoms with Crippen molar-refractivity contribution in [3.8, 4) is 11.5 Å². The molecule has 0 bridgehead atoms. The van der Waals surface area contributed by atoms with E-state index in [2.05, 4.69) is 15.9 Å². The molecule has 0 atom stereocenters. The second-order valence-corrected chi connectivity index (χ2v) is 4.95. The maximum absolute atomic E-state index is 13.6. The summed E-state index contributed by atoms with van der Waals surface area (Å²) in [5, 5.41) is 0. The SMILES string of the molecule is NC(=S)c1c(F)cccc1Oc1ccc(F)c(Br)c1. The third kappa shape index (κ3) is 3.08. The Hall–Kier alpha value is -1.53. The van der Waals surface area contributed by atoms with Crippen LogP contribution in [0.4, 0.5) is 8.78 Å². The van der Waals surface area contributed by atoms with Gasteiger partial charge in [-0.3, -0.25) is 0 Å². The quantitative estimate of drug-likeness (QED) is 0.850. The molecule has 0 amide bonds. The van der Waals surface area contributed by atoms with Crippen molar-refractivity contribution in [3.63, 3.8) is 0 Å². The minimum Gasteiger partial charge on any atom is -0.456 e. The number of hydrogen-bond donors (Lipinski definition) is 1. The van der Waals surface area contributed by atoms with Gasteiger partial charge in [0.15, 0.2) is 0 Å². The predicted molar refractivity (Wildman–Crippen MR) is 76.5 cm³/mol. The molecule has 0 aliphatic carbocycles. The normalized spacial score (nSPS) is 10.3. The van der Waals surface area contributed by atoms with E-state index in [-0.39, 0.29) is 20.8 Å². The molecule has 0 fully saturated rings. The molecule has 6 heteroatoms. The highest BCUT2D eigenvalue weighted by molar-refractivity contribution is 9.10. The average Bonchev–Trinajstić information content (AvgIpc) is 2.33. The minimum atomic E-state index is -0.564. The fourth-order valence-electron chi connectivity index (χ4n) is 1.50. The van der Waals surface area contributed by atoms with Gasteiger partial charge in [0.05, 0.1) is 10.0 Å². The highest BCUT2D eigenvalue weighted by atomic mass is 79.9. The van der Waals surface area contributed by atoms with E-state index >= 15 is 0 Å². The van der Waals surface area contributed by atoms with Gasteiger partial charge in [0.2, 0.25) is 0 Å². The number of benzene rings is 2. The lowest BCUT2D eigenvalue weighted by Crippen LogP contribution is -2.13. The largest absolute Gasteiger partial charge is 0.456 e. The monoisotopic (exact) mass is 343 g/mol. The van der Waals surface area contributed by atoms with E-state index in [0.29, 0.717) is 5.75 Å². The van der Waals surface area contributed by atoms with Crippen LogP contribution in [0.1, 0.15) is 5.56 Å². The van der Waals surface area contributed by atoms with Crippen LogP contribution in [-0.4, -0.2) is 4.99 Å². The molecule has 0 saturated heterocycles. The first kappa shape index (κ1) is 13.9. The van der Waals surface area contributed by atoms with E-state index in [0.717, 1.165) is 0 Å². The van der Waals surface area contributed by atoms with Crippen LogP contribution < -0.4 is 10.5 Å². The van der Waals surface area contributed by atoms with Crippen LogP contribution in [0.15, 0.2) is 40.9 Å². The van der Waals surface area contributed by atoms with Crippen LogP contribution in [0.3, 0.4) is 0 Å². The average molecular weight is 344 g/mol. The summed E-state index contributed by atoms with van der Waals surface area (Å²) < 4.78 is 32.5. The Balaban J connectivity index is 2.40. The molecule has 2 N–H and O–H groups in total. The molecule has 2 nitrogen and oxygen atoms in total. The second-order valence-electron chi connectivity index (χ2n) is 3.66. The molecule has 98 valence electrons. The van der Waals surface area contributed by atoms with E-state index in [1.807, 2.05) is 0 Å². The van der Waals surface area contributed by atoms with Gasteiger partial charge >= 0.3 is 0 Å². The minimum absolute atomic E-state index is 0.0259. The number of halogens is 3. The molecule has 0 heterocycles. The van der Waals surface area contributed by atoms with Crippen molar-refractivity contribution in [1.29, 1.82) is 0 Å². The zero-order valence-electron chi connectivity index (χ0n) is 9.49. The number of hydrogen-bond acceptors (Lipinski definition) is 2. The Morgan fingerprint density at radius 3 is 2.53 bits per heavy atom. The summed E-state index contributed by atoms with van der Waals surface area (Å²) in [6.07, 6.45) is 0. The van der Waals surface area contributed by atoms with Gasteiger partial charge in [-0.15, -0.1) is 0 Å². The van der Waals surface area contributed by atoms with E-state index in [9.17, 15) is 8.78 Å². The molecule has 0 aromatic heterocycles. The predicted octanol–water partition coefficient (Wildman–Crippen LogP) is 4.15. The van der Waals surface area contributed by atoms with Crippen molar-refractivity contribution >= 4 is 33.1 Å². The molecule has 0 saturated carbocycles. The van der Waals surface area contributed by atoms with Gasteiger partial charge < -0.3 is 10.5 Å². The van der Waals surface area contributed by atoms with Crippen molar-refractivity contribution in [1.82, 2.24) is 0 Å². The first-order valence-corrected chi connectivity index (χ1v) is 6.40. The van der Waals surface area contributed by atoms with Crippen molar-refractivity contribution < 1.29 is 13.5 Å². The van der Waals surface area contributed by atoms with Crippen molar-refractivity contribution in [2.45, 2.75) is 0 Å². The molecular formula is C13H8BrF2NOS. The molecule has 0 aliphatic rings. The Kier molecular flexibility index (Phi) is 4.11. The van der Waals surface area contributed by atoms with E-state index in [4.69, 9.17) is 22.7 Å². The zero-order valence-corrected chi connectivity index (χ0v) is 11.9. The fourth-order valence-corrected chi connectivity index (χ4v) is 2.05. The third-order valence-electron chi connectivity index (χ3n) is 2.34. The summed E-state index contributed by atoms with van der Waals surface area (Å²) in [5.41, 5.74) is 5.49. The molecule has 2 aromatic carbocycles. The Morgan fingerprint density at radius 1 is 1.16 bits per heavy atom. The highest BCUT2D eigenvalue weighted by Gasteiger charge is 2.13. The zero-order chi connectivity index (χ0) is 14.0. The van der Waals surface area contributed by atoms with Crippen LogP contribution in [0.2, 0.25) is 0 Å². The Labute approximate surface area is 122 Å². The Bertz CT molecular complexity index is 649. The molecule has 19 heavy (non-hydrogen) atoms. The van der Waals surface area contributed by atoms with Crippen LogP contribution in [-0.2, 0) is 0 Å². The molecule has 0 radical (unpaired) electrons. The third-order valence-corrected chi connectivity index (χ3v) is 3.15. The molecule has 0 spiro atoms. The van der Waals surface area contributed by atoms with Gasteiger partial charge in [-0.25, -0.2) is 8.78 Å². The van der Waals surface area contributed by atoms with Gasteiger partial charge in [0.25, 0.3) is 0 Å². The molecule has 0 aliphatic heterocycles. The smallest absolute Gasteiger partial charge is 0.140 e. The standard InChI is InChI=1S/C13H8BrF2NOS/c14-8-6-7(4-5-9(8)15)18-11-3-1-2-10(16)12(11)13(17)19/h1-6H,(H2,17,19). The van der Waals surface area contributed by atoms with Crippen molar-refractivity contribution in [2.24, 2.45) is 5.73 Å². The molecule has 0 unspecified atom stereocenters. The number of thiocarbonyl (C=S) groups is 1. The van der Waals surface area contributed by atoms with Crippen LogP contribution >= 0.6 is 28.1 Å². The number of nitrogens with two attached hydrogens (primary N) is 1. The maximum Gasteiger partial charge on any atom is 0.140 e. The van der Waals surface area contributed by atoms with Crippen LogP contribution in [0.5, 0.6) is 11.5 Å². The topological polar surface area (TPSA) is 35.2 Å². The summed E-state index contributed by atoms with van der Waals surface area (Å²) in [4.78, 5) is -0.103. The molecule has 2 rings (SSSR count). The summed E-state index contributed by atoms with van der Waals surface area (Å²) in [6.45, 7) is 0. The van der Waals surface area contributed by atoms with Gasteiger partial charge in [-0.05, 0) is 46.3 Å². The van der Waals surface area contributed by atoms with Gasteiger partial charge in [0, 0.05) is 0 Å². The van der Waals surface area contributed by atoms with Gasteiger partial charge in [0.1, 0.15) is 28.1 Å². The second kappa shape index (κ2) is 5.63. The van der Waals surface area contributed by atoms with Gasteiger partial charge in [-0.1, -0.05) is 18.3 Å². The lowest BCUT2D eigenvalue weighted by molar-refractivity contribution is 0.473. The molecule has 2 aromatic rings. The Morgan fingerprint density at radius 2 is 1.89 bits per heavy atom. The highest BCUT2D eigenvalue weighted by Crippen LogP contribution is 2.29. The van der Waals surface area contributed by atoms with E-state index < -0.39 is 11.6 Å². The van der Waals surface area contributed by atoms with Crippen LogP contribution in [0, 0.1) is 11.6 Å². The first-order chi connectivity index (χ1) is 8.99. The fraction of sp³-hybridized carbons (Fsp3) is 0. The van der Waals surface area contributed by atoms with E-state index in [1.54, 1.807) is 0 Å². The number of ether oxygens (including phenoxy) is 1. The van der Waals surface area contributed by atoms with Crippen molar-refractivity contribution in [3.05, 3.63) is 58.1 Å². The van der Waals surface area contributed by atoms with E-state index in [1.165, 1.54) is 36.4 Å². The summed E-state index contributed by atoms with van der Waals surface area (Å²) in [5.74, 6) is -0.449. The first-order valence-electron chi connectivity index (χ1n) is 5.20. The number of rotatable bonds is 3.